The van der Waals surface area contributed by atoms with Gasteiger partial charge in [0.05, 0.1) is 13.7 Å². The molecule has 0 bridgehead atoms. The predicted molar refractivity (Wildman–Crippen MR) is 69.4 cm³/mol. The maximum absolute atomic E-state index is 8.96. The monoisotopic (exact) mass is 234 g/mol. The fourth-order valence-corrected chi connectivity index (χ4v) is 1.37. The van der Waals surface area contributed by atoms with E-state index in [1.165, 1.54) is 0 Å². The molecule has 1 aromatic rings. The van der Waals surface area contributed by atoms with Gasteiger partial charge >= 0.3 is 0 Å². The molecule has 92 valence electrons. The lowest BCUT2D eigenvalue weighted by Crippen LogP contribution is -1.96. The highest BCUT2D eigenvalue weighted by atomic mass is 16.5. The van der Waals surface area contributed by atoms with E-state index in [2.05, 4.69) is 6.58 Å². The van der Waals surface area contributed by atoms with E-state index in [0.717, 1.165) is 11.1 Å². The van der Waals surface area contributed by atoms with Gasteiger partial charge < -0.3 is 14.6 Å². The summed E-state index contributed by atoms with van der Waals surface area (Å²) in [6.07, 6.45) is 3.59. The third-order valence-electron chi connectivity index (χ3n) is 2.21. The summed E-state index contributed by atoms with van der Waals surface area (Å²) in [5.74, 6) is 1.36. The molecule has 1 aromatic carbocycles. The van der Waals surface area contributed by atoms with E-state index in [0.29, 0.717) is 18.1 Å². The molecule has 0 aromatic heterocycles. The normalized spacial score (nSPS) is 11.1. The molecule has 0 amide bonds. The topological polar surface area (TPSA) is 38.7 Å². The number of hydrogen-bond acceptors (Lipinski definition) is 3. The zero-order valence-electron chi connectivity index (χ0n) is 10.3. The van der Waals surface area contributed by atoms with Crippen LogP contribution in [0.25, 0.3) is 6.08 Å². The molecule has 0 saturated heterocycles. The van der Waals surface area contributed by atoms with Crippen LogP contribution in [0.15, 0.2) is 36.4 Å². The summed E-state index contributed by atoms with van der Waals surface area (Å²) in [5.41, 5.74) is 1.87. The number of aliphatic hydroxyl groups excluding tert-OH is 1. The highest BCUT2D eigenvalue weighted by molar-refractivity contribution is 5.57. The van der Waals surface area contributed by atoms with Crippen LogP contribution in [0.1, 0.15) is 12.5 Å². The van der Waals surface area contributed by atoms with Crippen LogP contribution < -0.4 is 9.47 Å². The molecule has 0 aliphatic rings. The van der Waals surface area contributed by atoms with Crippen LogP contribution in [0.3, 0.4) is 0 Å². The summed E-state index contributed by atoms with van der Waals surface area (Å²) in [6, 6.07) is 5.64. The molecule has 0 radical (unpaired) electrons. The van der Waals surface area contributed by atoms with Crippen LogP contribution in [0.5, 0.6) is 11.5 Å². The summed E-state index contributed by atoms with van der Waals surface area (Å²) in [4.78, 5) is 0. The standard InChI is InChI=1S/C14H18O3/c1-4-7-17-13-6-5-12(8-11(2)10-15)9-14(13)16-3/h4-6,8-9,15H,1,7,10H2,2-3H3. The van der Waals surface area contributed by atoms with Crippen molar-refractivity contribution in [3.63, 3.8) is 0 Å². The van der Waals surface area contributed by atoms with Crippen LogP contribution in [0, 0.1) is 0 Å². The van der Waals surface area contributed by atoms with Crippen LogP contribution in [-0.4, -0.2) is 25.4 Å². The van der Waals surface area contributed by atoms with Gasteiger partial charge in [-0.25, -0.2) is 0 Å². The Morgan fingerprint density at radius 3 is 2.76 bits per heavy atom. The van der Waals surface area contributed by atoms with Gasteiger partial charge in [0, 0.05) is 0 Å². The van der Waals surface area contributed by atoms with Gasteiger partial charge in [-0.3, -0.25) is 0 Å². The molecule has 0 fully saturated rings. The first-order valence-electron chi connectivity index (χ1n) is 5.41. The van der Waals surface area contributed by atoms with Crippen LogP contribution in [0.4, 0.5) is 0 Å². The summed E-state index contributed by atoms with van der Waals surface area (Å²) < 4.78 is 10.7. The van der Waals surface area contributed by atoms with Crippen molar-refractivity contribution in [1.82, 2.24) is 0 Å². The van der Waals surface area contributed by atoms with Crippen LogP contribution in [-0.2, 0) is 0 Å². The van der Waals surface area contributed by atoms with Gasteiger partial charge in [-0.15, -0.1) is 0 Å². The largest absolute Gasteiger partial charge is 0.493 e. The van der Waals surface area contributed by atoms with Gasteiger partial charge in [0.25, 0.3) is 0 Å². The summed E-state index contributed by atoms with van der Waals surface area (Å²) in [7, 11) is 1.60. The Kier molecular flexibility index (Phi) is 5.30. The lowest BCUT2D eigenvalue weighted by molar-refractivity contribution is 0.326. The minimum absolute atomic E-state index is 0.0526. The highest BCUT2D eigenvalue weighted by Crippen LogP contribution is 2.28. The van der Waals surface area contributed by atoms with Crippen molar-refractivity contribution in [3.05, 3.63) is 42.0 Å². The number of benzene rings is 1. The maximum atomic E-state index is 8.96. The Labute approximate surface area is 102 Å². The first-order valence-corrected chi connectivity index (χ1v) is 5.41. The van der Waals surface area contributed by atoms with E-state index >= 15 is 0 Å². The molecule has 0 unspecified atom stereocenters. The molecule has 1 rings (SSSR count). The number of ether oxygens (including phenoxy) is 2. The first kappa shape index (κ1) is 13.3. The second-order valence-corrected chi connectivity index (χ2v) is 3.66. The third-order valence-corrected chi connectivity index (χ3v) is 2.21. The first-order chi connectivity index (χ1) is 8.21. The summed E-state index contributed by atoms with van der Waals surface area (Å²) >= 11 is 0. The SMILES string of the molecule is C=CCOc1ccc(C=C(C)CO)cc1OC. The van der Waals surface area contributed by atoms with Crippen molar-refractivity contribution >= 4 is 6.08 Å². The summed E-state index contributed by atoms with van der Waals surface area (Å²) in [5, 5.41) is 8.96. The number of aliphatic hydroxyl groups is 1. The van der Waals surface area contributed by atoms with Gasteiger partial charge in [-0.2, -0.15) is 0 Å². The minimum Gasteiger partial charge on any atom is -0.493 e. The van der Waals surface area contributed by atoms with Crippen LogP contribution >= 0.6 is 0 Å². The lowest BCUT2D eigenvalue weighted by Gasteiger charge is -2.10. The molecule has 3 nitrogen and oxygen atoms in total. The Morgan fingerprint density at radius 1 is 1.41 bits per heavy atom. The van der Waals surface area contributed by atoms with Crippen molar-refractivity contribution in [3.8, 4) is 11.5 Å². The molecule has 0 spiro atoms. The molecule has 1 N–H and O–H groups in total. The molecule has 0 aliphatic carbocycles. The van der Waals surface area contributed by atoms with Gasteiger partial charge in [0.2, 0.25) is 0 Å². The molecule has 17 heavy (non-hydrogen) atoms. The van der Waals surface area contributed by atoms with Crippen molar-refractivity contribution in [2.75, 3.05) is 20.3 Å². The predicted octanol–water partition coefficient (Wildman–Crippen LogP) is 2.66. The minimum atomic E-state index is 0.0526. The third kappa shape index (κ3) is 3.96. The summed E-state index contributed by atoms with van der Waals surface area (Å²) in [6.45, 7) is 5.96. The van der Waals surface area contributed by atoms with E-state index in [1.807, 2.05) is 31.2 Å². The van der Waals surface area contributed by atoms with E-state index in [1.54, 1.807) is 13.2 Å². The Bertz CT molecular complexity index is 408. The zero-order chi connectivity index (χ0) is 12.7. The van der Waals surface area contributed by atoms with Gasteiger partial charge in [0.15, 0.2) is 11.5 Å². The van der Waals surface area contributed by atoms with Crippen molar-refractivity contribution in [2.45, 2.75) is 6.92 Å². The van der Waals surface area contributed by atoms with E-state index < -0.39 is 0 Å². The average Bonchev–Trinajstić information content (AvgIpc) is 2.36. The van der Waals surface area contributed by atoms with E-state index in [4.69, 9.17) is 14.6 Å². The molecule has 0 saturated carbocycles. The lowest BCUT2D eigenvalue weighted by atomic mass is 10.1. The molecular weight excluding hydrogens is 216 g/mol. The van der Waals surface area contributed by atoms with Gasteiger partial charge in [0.1, 0.15) is 6.61 Å². The van der Waals surface area contributed by atoms with E-state index in [9.17, 15) is 0 Å². The second-order valence-electron chi connectivity index (χ2n) is 3.66. The second kappa shape index (κ2) is 6.76. The van der Waals surface area contributed by atoms with E-state index in [-0.39, 0.29) is 6.61 Å². The number of rotatable bonds is 6. The van der Waals surface area contributed by atoms with Crippen molar-refractivity contribution in [2.24, 2.45) is 0 Å². The molecule has 0 heterocycles. The molecule has 3 heteroatoms. The quantitative estimate of drug-likeness (QED) is 0.769. The Morgan fingerprint density at radius 2 is 2.18 bits per heavy atom. The average molecular weight is 234 g/mol. The van der Waals surface area contributed by atoms with Gasteiger partial charge in [-0.05, 0) is 30.2 Å². The van der Waals surface area contributed by atoms with Gasteiger partial charge in [-0.1, -0.05) is 24.8 Å². The number of methoxy groups -OCH3 is 1. The zero-order valence-corrected chi connectivity index (χ0v) is 10.3. The fraction of sp³-hybridized carbons (Fsp3) is 0.286. The molecular formula is C14H18O3. The fourth-order valence-electron chi connectivity index (χ4n) is 1.37. The smallest absolute Gasteiger partial charge is 0.161 e. The van der Waals surface area contributed by atoms with Crippen LogP contribution in [0.2, 0.25) is 0 Å². The Balaban J connectivity index is 2.95. The van der Waals surface area contributed by atoms with Crippen molar-refractivity contribution in [1.29, 1.82) is 0 Å². The highest BCUT2D eigenvalue weighted by Gasteiger charge is 2.04. The molecule has 0 aliphatic heterocycles. The number of hydrogen-bond donors (Lipinski definition) is 1. The Hall–Kier alpha value is -1.74. The van der Waals surface area contributed by atoms with Crippen molar-refractivity contribution < 1.29 is 14.6 Å². The maximum Gasteiger partial charge on any atom is 0.161 e. The molecule has 0 atom stereocenters.